The second-order valence-electron chi connectivity index (χ2n) is 2.48. The van der Waals surface area contributed by atoms with Gasteiger partial charge in [-0.1, -0.05) is 12.2 Å². The SMILES string of the molecule is CC=Cc1c(Br)c(Br)c(Br)c(Br)c1Br. The Balaban J connectivity index is 3.59. The lowest BCUT2D eigenvalue weighted by Gasteiger charge is -2.10. The minimum atomic E-state index is 0.990. The van der Waals surface area contributed by atoms with Gasteiger partial charge in [0.05, 0.1) is 0 Å². The van der Waals surface area contributed by atoms with Crippen molar-refractivity contribution in [1.29, 1.82) is 0 Å². The summed E-state index contributed by atoms with van der Waals surface area (Å²) in [6.45, 7) is 1.99. The van der Waals surface area contributed by atoms with E-state index in [0.29, 0.717) is 0 Å². The van der Waals surface area contributed by atoms with Gasteiger partial charge in [0.15, 0.2) is 0 Å². The summed E-state index contributed by atoms with van der Waals surface area (Å²) < 4.78 is 5.04. The standard InChI is InChI=1S/C9H5Br5/c1-2-3-4-5(10)7(12)9(14)8(13)6(4)11/h2-3H,1H3. The summed E-state index contributed by atoms with van der Waals surface area (Å²) in [7, 11) is 0. The summed E-state index contributed by atoms with van der Waals surface area (Å²) >= 11 is 17.6. The molecule has 0 aliphatic carbocycles. The third-order valence-corrected chi connectivity index (χ3v) is 7.73. The topological polar surface area (TPSA) is 0 Å². The van der Waals surface area contributed by atoms with E-state index in [1.807, 2.05) is 19.1 Å². The van der Waals surface area contributed by atoms with E-state index in [9.17, 15) is 0 Å². The van der Waals surface area contributed by atoms with Crippen LogP contribution >= 0.6 is 79.6 Å². The Morgan fingerprint density at radius 2 is 1.07 bits per heavy atom. The molecule has 0 nitrogen and oxygen atoms in total. The maximum Gasteiger partial charge on any atom is 0.0482 e. The van der Waals surface area contributed by atoms with Gasteiger partial charge in [0.25, 0.3) is 0 Å². The van der Waals surface area contributed by atoms with Crippen LogP contribution in [-0.2, 0) is 0 Å². The second-order valence-corrected chi connectivity index (χ2v) is 6.45. The van der Waals surface area contributed by atoms with Crippen molar-refractivity contribution in [3.8, 4) is 0 Å². The minimum Gasteiger partial charge on any atom is -0.0870 e. The van der Waals surface area contributed by atoms with Gasteiger partial charge in [-0.25, -0.2) is 0 Å². The first-order valence-corrected chi connectivity index (χ1v) is 7.61. The zero-order valence-electron chi connectivity index (χ0n) is 7.04. The van der Waals surface area contributed by atoms with E-state index < -0.39 is 0 Å². The minimum absolute atomic E-state index is 0.990. The normalized spacial score (nSPS) is 11.3. The smallest absolute Gasteiger partial charge is 0.0482 e. The van der Waals surface area contributed by atoms with E-state index in [0.717, 1.165) is 27.9 Å². The van der Waals surface area contributed by atoms with Crippen molar-refractivity contribution in [3.05, 3.63) is 34.0 Å². The largest absolute Gasteiger partial charge is 0.0870 e. The monoisotopic (exact) mass is 508 g/mol. The van der Waals surface area contributed by atoms with E-state index in [2.05, 4.69) is 79.6 Å². The van der Waals surface area contributed by atoms with Crippen LogP contribution in [0.3, 0.4) is 0 Å². The maximum absolute atomic E-state index is 3.54. The molecule has 1 aromatic rings. The van der Waals surface area contributed by atoms with Gasteiger partial charge >= 0.3 is 0 Å². The molecule has 14 heavy (non-hydrogen) atoms. The van der Waals surface area contributed by atoms with Crippen molar-refractivity contribution >= 4 is 85.7 Å². The average Bonchev–Trinajstić information content (AvgIpc) is 2.19. The molecular formula is C9H5Br5. The second kappa shape index (κ2) is 5.62. The van der Waals surface area contributed by atoms with E-state index in [1.54, 1.807) is 0 Å². The van der Waals surface area contributed by atoms with Crippen LogP contribution < -0.4 is 0 Å². The molecule has 0 aliphatic heterocycles. The molecule has 0 N–H and O–H groups in total. The van der Waals surface area contributed by atoms with E-state index in [-0.39, 0.29) is 0 Å². The lowest BCUT2D eigenvalue weighted by atomic mass is 10.2. The highest BCUT2D eigenvalue weighted by Crippen LogP contribution is 2.44. The number of allylic oxidation sites excluding steroid dienone is 1. The van der Waals surface area contributed by atoms with Gasteiger partial charge in [-0.3, -0.25) is 0 Å². The predicted molar refractivity (Wildman–Crippen MR) is 79.7 cm³/mol. The molecule has 0 fully saturated rings. The third kappa shape index (κ3) is 2.54. The lowest BCUT2D eigenvalue weighted by Crippen LogP contribution is -1.85. The van der Waals surface area contributed by atoms with Gasteiger partial charge < -0.3 is 0 Å². The van der Waals surface area contributed by atoms with Crippen molar-refractivity contribution in [2.24, 2.45) is 0 Å². The van der Waals surface area contributed by atoms with Gasteiger partial charge in [-0.05, 0) is 86.6 Å². The van der Waals surface area contributed by atoms with Crippen LogP contribution in [0.15, 0.2) is 28.4 Å². The first-order valence-electron chi connectivity index (χ1n) is 3.64. The Labute approximate surface area is 125 Å². The summed E-state index contributed by atoms with van der Waals surface area (Å²) in [6, 6.07) is 0. The first kappa shape index (κ1) is 13.4. The zero-order valence-corrected chi connectivity index (χ0v) is 15.0. The molecule has 0 atom stereocenters. The van der Waals surface area contributed by atoms with Crippen molar-refractivity contribution in [2.45, 2.75) is 6.92 Å². The predicted octanol–water partition coefficient (Wildman–Crippen LogP) is 6.53. The van der Waals surface area contributed by atoms with Crippen molar-refractivity contribution < 1.29 is 0 Å². The highest BCUT2D eigenvalue weighted by molar-refractivity contribution is 9.15. The highest BCUT2D eigenvalue weighted by Gasteiger charge is 2.15. The molecule has 5 heteroatoms. The third-order valence-electron chi connectivity index (χ3n) is 1.58. The van der Waals surface area contributed by atoms with Crippen LogP contribution in [0, 0.1) is 0 Å². The molecule has 0 unspecified atom stereocenters. The summed E-state index contributed by atoms with van der Waals surface area (Å²) in [5, 5.41) is 0. The molecule has 0 spiro atoms. The Hall–Kier alpha value is 1.36. The molecule has 0 saturated heterocycles. The quantitative estimate of drug-likeness (QED) is 0.296. The lowest BCUT2D eigenvalue weighted by molar-refractivity contribution is 1.42. The number of rotatable bonds is 1. The van der Waals surface area contributed by atoms with Crippen molar-refractivity contribution in [2.75, 3.05) is 0 Å². The number of benzene rings is 1. The Morgan fingerprint density at radius 1 is 0.714 bits per heavy atom. The Bertz CT molecular complexity index is 366. The fourth-order valence-electron chi connectivity index (χ4n) is 0.935. The van der Waals surface area contributed by atoms with E-state index >= 15 is 0 Å². The molecule has 0 radical (unpaired) electrons. The first-order chi connectivity index (χ1) is 6.50. The molecule has 1 rings (SSSR count). The van der Waals surface area contributed by atoms with Gasteiger partial charge in [-0.15, -0.1) is 0 Å². The molecule has 0 aromatic heterocycles. The molecule has 0 aliphatic rings. The van der Waals surface area contributed by atoms with Gasteiger partial charge in [0.2, 0.25) is 0 Å². The van der Waals surface area contributed by atoms with Crippen LogP contribution in [0.1, 0.15) is 12.5 Å². The van der Waals surface area contributed by atoms with Crippen molar-refractivity contribution in [3.63, 3.8) is 0 Å². The van der Waals surface area contributed by atoms with Crippen LogP contribution in [0.25, 0.3) is 6.08 Å². The average molecular weight is 513 g/mol. The van der Waals surface area contributed by atoms with Crippen molar-refractivity contribution in [1.82, 2.24) is 0 Å². The highest BCUT2D eigenvalue weighted by atomic mass is 79.9. The van der Waals surface area contributed by atoms with E-state index in [1.165, 1.54) is 0 Å². The maximum atomic E-state index is 3.54. The van der Waals surface area contributed by atoms with Crippen LogP contribution in [0.4, 0.5) is 0 Å². The zero-order chi connectivity index (χ0) is 10.9. The molecular weight excluding hydrogens is 508 g/mol. The number of halogens is 5. The van der Waals surface area contributed by atoms with Crippen LogP contribution in [-0.4, -0.2) is 0 Å². The van der Waals surface area contributed by atoms with E-state index in [4.69, 9.17) is 0 Å². The van der Waals surface area contributed by atoms with Gasteiger partial charge in [0.1, 0.15) is 0 Å². The summed E-state index contributed by atoms with van der Waals surface area (Å²) in [5.74, 6) is 0. The summed E-state index contributed by atoms with van der Waals surface area (Å²) in [5.41, 5.74) is 1.11. The number of hydrogen-bond acceptors (Lipinski definition) is 0. The Kier molecular flexibility index (Phi) is 5.39. The molecule has 1 aromatic carbocycles. The van der Waals surface area contributed by atoms with Crippen LogP contribution in [0.5, 0.6) is 0 Å². The molecule has 0 bridgehead atoms. The molecule has 0 saturated carbocycles. The number of hydrogen-bond donors (Lipinski definition) is 0. The fourth-order valence-corrected chi connectivity index (χ4v) is 4.28. The molecule has 76 valence electrons. The molecule has 0 amide bonds. The van der Waals surface area contributed by atoms with Gasteiger partial charge in [0, 0.05) is 27.9 Å². The molecule has 0 heterocycles. The fraction of sp³-hybridized carbons (Fsp3) is 0.111. The Morgan fingerprint density at radius 3 is 1.43 bits per heavy atom. The van der Waals surface area contributed by atoms with Crippen LogP contribution in [0.2, 0.25) is 0 Å². The summed E-state index contributed by atoms with van der Waals surface area (Å²) in [6.07, 6.45) is 4.04. The summed E-state index contributed by atoms with van der Waals surface area (Å²) in [4.78, 5) is 0. The van der Waals surface area contributed by atoms with Gasteiger partial charge in [-0.2, -0.15) is 0 Å².